The Morgan fingerprint density at radius 1 is 1.38 bits per heavy atom. The first kappa shape index (κ1) is 16.7. The monoisotopic (exact) mass is 339 g/mol. The molecule has 0 bridgehead atoms. The highest BCUT2D eigenvalue weighted by Crippen LogP contribution is 2.44. The molecular weight excluding hydrogens is 318 g/mol. The van der Waals surface area contributed by atoms with E-state index in [1.54, 1.807) is 11.3 Å². The van der Waals surface area contributed by atoms with Crippen molar-refractivity contribution in [2.45, 2.75) is 38.3 Å². The lowest BCUT2D eigenvalue weighted by Crippen LogP contribution is -2.63. The maximum atomic E-state index is 9.88. The lowest BCUT2D eigenvalue weighted by molar-refractivity contribution is 0.187. The average Bonchev–Trinajstić information content (AvgIpc) is 3.05. The Morgan fingerprint density at radius 2 is 2.12 bits per heavy atom. The molecule has 1 aliphatic rings. The Kier molecular flexibility index (Phi) is 4.98. The van der Waals surface area contributed by atoms with E-state index in [-0.39, 0.29) is 24.6 Å². The molecule has 1 aromatic carbocycles. The second-order valence-corrected chi connectivity index (χ2v) is 6.74. The van der Waals surface area contributed by atoms with Gasteiger partial charge in [0, 0.05) is 11.3 Å². The van der Waals surface area contributed by atoms with Crippen LogP contribution >= 0.6 is 11.3 Å². The van der Waals surface area contributed by atoms with Crippen LogP contribution in [0.4, 0.5) is 5.13 Å². The minimum Gasteiger partial charge on any atom is -0.394 e. The minimum atomic E-state index is -0.287. The van der Waals surface area contributed by atoms with Gasteiger partial charge >= 0.3 is 0 Å². The molecule has 0 spiro atoms. The van der Waals surface area contributed by atoms with Crippen molar-refractivity contribution in [3.8, 4) is 6.07 Å². The van der Waals surface area contributed by atoms with E-state index in [2.05, 4.69) is 42.2 Å². The predicted molar refractivity (Wildman–Crippen MR) is 98.1 cm³/mol. The lowest BCUT2D eigenvalue weighted by atomic mass is 9.76. The van der Waals surface area contributed by atoms with Gasteiger partial charge < -0.3 is 10.0 Å². The molecule has 1 saturated heterocycles. The molecule has 0 unspecified atom stereocenters. The predicted octanol–water partition coefficient (Wildman–Crippen LogP) is 3.60. The van der Waals surface area contributed by atoms with Gasteiger partial charge in [-0.3, -0.25) is 0 Å². The Bertz CT molecular complexity index is 760. The number of rotatable bonds is 5. The summed E-state index contributed by atoms with van der Waals surface area (Å²) >= 11 is 1.55. The van der Waals surface area contributed by atoms with Crippen LogP contribution in [0.3, 0.4) is 0 Å². The summed E-state index contributed by atoms with van der Waals surface area (Å²) in [5.74, 6) is 0.00799. The zero-order valence-electron chi connectivity index (χ0n) is 13.9. The number of allylic oxidation sites excluding steroid dienone is 1. The van der Waals surface area contributed by atoms with E-state index < -0.39 is 0 Å². The number of hydrogen-bond donors (Lipinski definition) is 1. The number of hydrogen-bond acceptors (Lipinski definition) is 5. The first-order valence-electron chi connectivity index (χ1n) is 8.19. The molecule has 0 amide bonds. The van der Waals surface area contributed by atoms with Gasteiger partial charge in [-0.25, -0.2) is 4.98 Å². The van der Waals surface area contributed by atoms with Crippen LogP contribution in [0.1, 0.15) is 36.6 Å². The molecule has 1 aliphatic heterocycles. The van der Waals surface area contributed by atoms with Crippen LogP contribution in [-0.2, 0) is 6.42 Å². The van der Waals surface area contributed by atoms with Gasteiger partial charge in [0.05, 0.1) is 24.4 Å². The molecule has 0 saturated carbocycles. The third kappa shape index (κ3) is 2.83. The minimum absolute atomic E-state index is 0.00799. The average molecular weight is 339 g/mol. The largest absolute Gasteiger partial charge is 0.394 e. The van der Waals surface area contributed by atoms with Gasteiger partial charge in [0.15, 0.2) is 5.13 Å². The van der Waals surface area contributed by atoms with Crippen LogP contribution in [-0.4, -0.2) is 28.8 Å². The fourth-order valence-corrected chi connectivity index (χ4v) is 4.27. The standard InChI is InChI=1S/C19H21N3OS/c1-3-5-13-6-8-14(9-7-13)18-16(10-20)22(17(18)11-23)19-21-15(4-2)12-24-19/h3,5-9,12,16-18,23H,4,11H2,1-2H3/t16-,17+,18-/m1/s1. The second kappa shape index (κ2) is 7.16. The molecular formula is C19H21N3OS. The van der Waals surface area contributed by atoms with E-state index in [9.17, 15) is 10.4 Å². The van der Waals surface area contributed by atoms with Crippen molar-refractivity contribution in [1.82, 2.24) is 4.98 Å². The zero-order chi connectivity index (χ0) is 17.1. The number of aryl methyl sites for hydroxylation is 1. The number of aliphatic hydroxyl groups is 1. The Balaban J connectivity index is 1.87. The van der Waals surface area contributed by atoms with Crippen molar-refractivity contribution in [2.75, 3.05) is 11.5 Å². The molecule has 2 aromatic rings. The number of nitriles is 1. The number of anilines is 1. The van der Waals surface area contributed by atoms with E-state index in [1.807, 2.05) is 29.4 Å². The normalized spacial score (nSPS) is 23.2. The molecule has 24 heavy (non-hydrogen) atoms. The van der Waals surface area contributed by atoms with E-state index in [0.29, 0.717) is 0 Å². The first-order chi connectivity index (χ1) is 11.7. The number of benzene rings is 1. The van der Waals surface area contributed by atoms with E-state index >= 15 is 0 Å². The molecule has 5 heteroatoms. The second-order valence-electron chi connectivity index (χ2n) is 5.90. The van der Waals surface area contributed by atoms with Crippen LogP contribution in [0, 0.1) is 11.3 Å². The maximum Gasteiger partial charge on any atom is 0.186 e. The molecule has 1 N–H and O–H groups in total. The topological polar surface area (TPSA) is 60.2 Å². The third-order valence-corrected chi connectivity index (χ3v) is 5.44. The number of thiazole rings is 1. The molecule has 3 rings (SSSR count). The summed E-state index contributed by atoms with van der Waals surface area (Å²) in [6.45, 7) is 4.07. The molecule has 2 heterocycles. The maximum absolute atomic E-state index is 9.88. The van der Waals surface area contributed by atoms with Gasteiger partial charge in [0.25, 0.3) is 0 Å². The van der Waals surface area contributed by atoms with Crippen molar-refractivity contribution in [3.63, 3.8) is 0 Å². The number of nitrogens with zero attached hydrogens (tertiary/aromatic N) is 3. The van der Waals surface area contributed by atoms with Crippen molar-refractivity contribution < 1.29 is 5.11 Å². The number of aliphatic hydroxyl groups excluding tert-OH is 1. The zero-order valence-corrected chi connectivity index (χ0v) is 14.7. The van der Waals surface area contributed by atoms with Crippen molar-refractivity contribution in [1.29, 1.82) is 5.26 Å². The van der Waals surface area contributed by atoms with Gasteiger partial charge in [-0.1, -0.05) is 43.3 Å². The Labute approximate surface area is 146 Å². The highest BCUT2D eigenvalue weighted by atomic mass is 32.1. The van der Waals surface area contributed by atoms with Crippen molar-refractivity contribution in [3.05, 3.63) is 52.5 Å². The van der Waals surface area contributed by atoms with E-state index in [0.717, 1.165) is 28.4 Å². The summed E-state index contributed by atoms with van der Waals surface area (Å²) in [6, 6.07) is 10.2. The Morgan fingerprint density at radius 3 is 2.67 bits per heavy atom. The lowest BCUT2D eigenvalue weighted by Gasteiger charge is -2.51. The molecule has 0 radical (unpaired) electrons. The fraction of sp³-hybridized carbons (Fsp3) is 0.368. The van der Waals surface area contributed by atoms with E-state index in [4.69, 9.17) is 0 Å². The van der Waals surface area contributed by atoms with Gasteiger partial charge in [0.2, 0.25) is 0 Å². The molecule has 1 fully saturated rings. The van der Waals surface area contributed by atoms with Crippen LogP contribution in [0.5, 0.6) is 0 Å². The van der Waals surface area contributed by atoms with Crippen molar-refractivity contribution in [2.24, 2.45) is 0 Å². The summed E-state index contributed by atoms with van der Waals surface area (Å²) in [4.78, 5) is 6.55. The molecule has 3 atom stereocenters. The molecule has 1 aromatic heterocycles. The quantitative estimate of drug-likeness (QED) is 0.904. The van der Waals surface area contributed by atoms with Crippen LogP contribution in [0.25, 0.3) is 6.08 Å². The van der Waals surface area contributed by atoms with Gasteiger partial charge in [-0.15, -0.1) is 11.3 Å². The van der Waals surface area contributed by atoms with Gasteiger partial charge in [-0.2, -0.15) is 5.26 Å². The van der Waals surface area contributed by atoms with Gasteiger partial charge in [0.1, 0.15) is 6.04 Å². The third-order valence-electron chi connectivity index (χ3n) is 4.53. The van der Waals surface area contributed by atoms with Crippen LogP contribution < -0.4 is 4.90 Å². The highest BCUT2D eigenvalue weighted by Gasteiger charge is 2.50. The smallest absolute Gasteiger partial charge is 0.186 e. The van der Waals surface area contributed by atoms with E-state index in [1.165, 1.54) is 0 Å². The fourth-order valence-electron chi connectivity index (χ4n) is 3.27. The number of aromatic nitrogens is 1. The molecule has 124 valence electrons. The first-order valence-corrected chi connectivity index (χ1v) is 9.07. The highest BCUT2D eigenvalue weighted by molar-refractivity contribution is 7.13. The summed E-state index contributed by atoms with van der Waals surface area (Å²) in [7, 11) is 0. The molecule has 0 aliphatic carbocycles. The van der Waals surface area contributed by atoms with Crippen LogP contribution in [0.2, 0.25) is 0 Å². The van der Waals surface area contributed by atoms with Crippen LogP contribution in [0.15, 0.2) is 35.7 Å². The summed E-state index contributed by atoms with van der Waals surface area (Å²) < 4.78 is 0. The Hall–Kier alpha value is -2.16. The SMILES string of the molecule is CC=Cc1ccc([C@@H]2[C@@H](C#N)N(c3nc(CC)cs3)[C@H]2CO)cc1. The van der Waals surface area contributed by atoms with Crippen molar-refractivity contribution >= 4 is 22.5 Å². The summed E-state index contributed by atoms with van der Waals surface area (Å²) in [5, 5.41) is 22.4. The van der Waals surface area contributed by atoms with Gasteiger partial charge in [-0.05, 0) is 24.5 Å². The molecule has 4 nitrogen and oxygen atoms in total. The summed E-state index contributed by atoms with van der Waals surface area (Å²) in [5.41, 5.74) is 3.26. The summed E-state index contributed by atoms with van der Waals surface area (Å²) in [6.07, 6.45) is 4.92.